The first-order chi connectivity index (χ1) is 14.8. The number of aryl methyl sites for hydroxylation is 1. The molecule has 0 bridgehead atoms. The van der Waals surface area contributed by atoms with Gasteiger partial charge in [-0.2, -0.15) is 0 Å². The number of nitrogens with one attached hydrogen (secondary N) is 2. The highest BCUT2D eigenvalue weighted by atomic mass is 35.5. The molecular weight excluding hydrogens is 422 g/mol. The number of H-pyrrole nitrogens is 1. The van der Waals surface area contributed by atoms with Gasteiger partial charge in [0.2, 0.25) is 5.91 Å². The van der Waals surface area contributed by atoms with Crippen molar-refractivity contribution in [2.75, 3.05) is 18.4 Å². The Labute approximate surface area is 183 Å². The normalized spacial score (nSPS) is 11.1. The number of nitro groups is 1. The number of carbonyl (C=O) groups is 1. The summed E-state index contributed by atoms with van der Waals surface area (Å²) in [5.41, 5.74) is 1.23. The van der Waals surface area contributed by atoms with E-state index in [0.29, 0.717) is 34.0 Å². The van der Waals surface area contributed by atoms with E-state index in [1.54, 1.807) is 31.2 Å². The largest absolute Gasteiger partial charge is 0.324 e. The first kappa shape index (κ1) is 22.4. The Kier molecular flexibility index (Phi) is 6.98. The molecule has 0 spiro atoms. The van der Waals surface area contributed by atoms with E-state index in [9.17, 15) is 19.7 Å². The minimum absolute atomic E-state index is 0.0350. The third kappa shape index (κ3) is 5.65. The van der Waals surface area contributed by atoms with Gasteiger partial charge in [0.1, 0.15) is 5.82 Å². The summed E-state index contributed by atoms with van der Waals surface area (Å²) in [5, 5.41) is 14.7. The van der Waals surface area contributed by atoms with Crippen LogP contribution in [0.15, 0.2) is 41.2 Å². The number of hydrogen-bond acceptors (Lipinski definition) is 6. The number of amides is 1. The number of rotatable bonds is 8. The van der Waals surface area contributed by atoms with Crippen LogP contribution in [0.2, 0.25) is 5.02 Å². The molecule has 0 aliphatic rings. The van der Waals surface area contributed by atoms with Gasteiger partial charge in [0.05, 0.1) is 34.6 Å². The topological polar surface area (TPSA) is 121 Å². The Balaban J connectivity index is 1.76. The Morgan fingerprint density at radius 1 is 1.29 bits per heavy atom. The Morgan fingerprint density at radius 2 is 2.06 bits per heavy atom. The molecule has 0 fully saturated rings. The smallest absolute Gasteiger partial charge is 0.271 e. The number of non-ortho nitro benzene ring substituents is 1. The first-order valence-corrected chi connectivity index (χ1v) is 10.1. The van der Waals surface area contributed by atoms with Crippen LogP contribution in [0.5, 0.6) is 0 Å². The molecule has 0 aliphatic carbocycles. The van der Waals surface area contributed by atoms with Crippen LogP contribution >= 0.6 is 11.6 Å². The van der Waals surface area contributed by atoms with Gasteiger partial charge in [-0.1, -0.05) is 24.6 Å². The molecule has 3 aromatic rings. The number of halogens is 1. The third-order valence-corrected chi connectivity index (χ3v) is 4.94. The predicted molar refractivity (Wildman–Crippen MR) is 119 cm³/mol. The van der Waals surface area contributed by atoms with E-state index in [1.807, 2.05) is 11.8 Å². The van der Waals surface area contributed by atoms with E-state index in [0.717, 1.165) is 12.0 Å². The van der Waals surface area contributed by atoms with Crippen molar-refractivity contribution in [1.82, 2.24) is 14.9 Å². The summed E-state index contributed by atoms with van der Waals surface area (Å²) in [6.07, 6.45) is 0.784. The highest BCUT2D eigenvalue weighted by Gasteiger charge is 2.16. The van der Waals surface area contributed by atoms with Gasteiger partial charge in [-0.3, -0.25) is 24.6 Å². The number of nitro benzene ring substituents is 1. The van der Waals surface area contributed by atoms with Gasteiger partial charge < -0.3 is 10.3 Å². The lowest BCUT2D eigenvalue weighted by Gasteiger charge is -2.21. The number of carbonyl (C=O) groups excluding carboxylic acids is 1. The van der Waals surface area contributed by atoms with Crippen LogP contribution in [0.1, 0.15) is 24.7 Å². The average Bonchev–Trinajstić information content (AvgIpc) is 2.69. The SMILES string of the molecule is CCCN(CC(=O)Nc1cc([N+](=O)[O-])ccc1C)Cc1nc2cc(Cl)ccc2c(=O)[nH]1. The summed E-state index contributed by atoms with van der Waals surface area (Å²) in [5.74, 6) is 0.107. The molecule has 2 aromatic carbocycles. The number of aromatic amines is 1. The van der Waals surface area contributed by atoms with E-state index >= 15 is 0 Å². The Morgan fingerprint density at radius 3 is 2.77 bits per heavy atom. The fraction of sp³-hybridized carbons (Fsp3) is 0.286. The highest BCUT2D eigenvalue weighted by Crippen LogP contribution is 2.22. The number of anilines is 1. The fourth-order valence-electron chi connectivity index (χ4n) is 3.23. The zero-order valence-corrected chi connectivity index (χ0v) is 17.9. The van der Waals surface area contributed by atoms with Gasteiger partial charge in [-0.25, -0.2) is 4.98 Å². The van der Waals surface area contributed by atoms with E-state index in [1.165, 1.54) is 12.1 Å². The second-order valence-electron chi connectivity index (χ2n) is 7.19. The van der Waals surface area contributed by atoms with Gasteiger partial charge in [0.25, 0.3) is 11.2 Å². The van der Waals surface area contributed by atoms with E-state index < -0.39 is 4.92 Å². The summed E-state index contributed by atoms with van der Waals surface area (Å²) in [6.45, 7) is 4.63. The molecule has 0 unspecified atom stereocenters. The van der Waals surface area contributed by atoms with Gasteiger partial charge in [0.15, 0.2) is 0 Å². The summed E-state index contributed by atoms with van der Waals surface area (Å²) in [7, 11) is 0. The third-order valence-electron chi connectivity index (χ3n) is 4.70. The molecule has 0 saturated carbocycles. The van der Waals surface area contributed by atoms with Crippen molar-refractivity contribution in [2.24, 2.45) is 0 Å². The lowest BCUT2D eigenvalue weighted by atomic mass is 10.2. The van der Waals surface area contributed by atoms with Crippen LogP contribution in [-0.4, -0.2) is 38.8 Å². The molecule has 0 saturated heterocycles. The van der Waals surface area contributed by atoms with Crippen molar-refractivity contribution in [3.63, 3.8) is 0 Å². The van der Waals surface area contributed by atoms with Crippen molar-refractivity contribution in [1.29, 1.82) is 0 Å². The first-order valence-electron chi connectivity index (χ1n) is 9.72. The van der Waals surface area contributed by atoms with Crippen LogP contribution < -0.4 is 10.9 Å². The molecule has 10 heteroatoms. The van der Waals surface area contributed by atoms with Crippen molar-refractivity contribution < 1.29 is 9.72 Å². The molecule has 31 heavy (non-hydrogen) atoms. The monoisotopic (exact) mass is 443 g/mol. The average molecular weight is 444 g/mol. The van der Waals surface area contributed by atoms with E-state index in [-0.39, 0.29) is 30.2 Å². The van der Waals surface area contributed by atoms with Crippen molar-refractivity contribution in [2.45, 2.75) is 26.8 Å². The molecule has 3 rings (SSSR count). The standard InChI is InChI=1S/C21H22ClN5O4/c1-3-8-26(11-19-23-18-9-14(22)5-7-16(18)21(29)25-19)12-20(28)24-17-10-15(27(30)31)6-4-13(17)2/h4-7,9-10H,3,8,11-12H2,1-2H3,(H,24,28)(H,23,25,29). The van der Waals surface area contributed by atoms with Crippen molar-refractivity contribution in [3.05, 3.63) is 73.3 Å². The minimum Gasteiger partial charge on any atom is -0.324 e. The molecule has 1 amide bonds. The highest BCUT2D eigenvalue weighted by molar-refractivity contribution is 6.31. The zero-order chi connectivity index (χ0) is 22.5. The van der Waals surface area contributed by atoms with Crippen molar-refractivity contribution in [3.8, 4) is 0 Å². The van der Waals surface area contributed by atoms with Crippen LogP contribution in [0.3, 0.4) is 0 Å². The second-order valence-corrected chi connectivity index (χ2v) is 7.63. The zero-order valence-electron chi connectivity index (χ0n) is 17.1. The predicted octanol–water partition coefficient (Wildman–Crippen LogP) is 3.64. The number of fused-ring (bicyclic) bond motifs is 1. The lowest BCUT2D eigenvalue weighted by molar-refractivity contribution is -0.384. The van der Waals surface area contributed by atoms with Crippen LogP contribution in [-0.2, 0) is 11.3 Å². The maximum atomic E-state index is 12.6. The second kappa shape index (κ2) is 9.67. The maximum absolute atomic E-state index is 12.6. The molecule has 1 aromatic heterocycles. The molecule has 2 N–H and O–H groups in total. The van der Waals surface area contributed by atoms with Crippen LogP contribution in [0.4, 0.5) is 11.4 Å². The van der Waals surface area contributed by atoms with Gasteiger partial charge >= 0.3 is 0 Å². The molecule has 1 heterocycles. The summed E-state index contributed by atoms with van der Waals surface area (Å²) in [6, 6.07) is 9.19. The van der Waals surface area contributed by atoms with Gasteiger partial charge in [-0.05, 0) is 43.7 Å². The molecule has 0 radical (unpaired) electrons. The van der Waals surface area contributed by atoms with Crippen LogP contribution in [0.25, 0.3) is 10.9 Å². The molecule has 0 atom stereocenters. The summed E-state index contributed by atoms with van der Waals surface area (Å²) < 4.78 is 0. The Bertz CT molecular complexity index is 1190. The molecule has 9 nitrogen and oxygen atoms in total. The van der Waals surface area contributed by atoms with Gasteiger partial charge in [-0.15, -0.1) is 0 Å². The lowest BCUT2D eigenvalue weighted by Crippen LogP contribution is -2.34. The number of aromatic nitrogens is 2. The quantitative estimate of drug-likeness (QED) is 0.405. The minimum atomic E-state index is -0.507. The summed E-state index contributed by atoms with van der Waals surface area (Å²) in [4.78, 5) is 44.5. The number of benzene rings is 2. The number of nitrogens with zero attached hydrogens (tertiary/aromatic N) is 3. The van der Waals surface area contributed by atoms with Gasteiger partial charge in [0, 0.05) is 17.2 Å². The van der Waals surface area contributed by atoms with E-state index in [2.05, 4.69) is 15.3 Å². The molecular formula is C21H22ClN5O4. The maximum Gasteiger partial charge on any atom is 0.271 e. The fourth-order valence-corrected chi connectivity index (χ4v) is 3.40. The van der Waals surface area contributed by atoms with E-state index in [4.69, 9.17) is 11.6 Å². The van der Waals surface area contributed by atoms with Crippen LogP contribution in [0, 0.1) is 17.0 Å². The van der Waals surface area contributed by atoms with Crippen molar-refractivity contribution >= 4 is 39.8 Å². The number of hydrogen-bond donors (Lipinski definition) is 2. The molecule has 162 valence electrons. The Hall–Kier alpha value is -3.30. The summed E-state index contributed by atoms with van der Waals surface area (Å²) >= 11 is 6.01. The molecule has 0 aliphatic heterocycles.